The lowest BCUT2D eigenvalue weighted by Gasteiger charge is -2.02. The van der Waals surface area contributed by atoms with Crippen molar-refractivity contribution < 1.29 is 4.79 Å². The van der Waals surface area contributed by atoms with Crippen molar-refractivity contribution in [2.24, 2.45) is 5.10 Å². The van der Waals surface area contributed by atoms with Crippen LogP contribution < -0.4 is 5.43 Å². The number of carbonyl (C=O) groups excluding carboxylic acids is 1. The minimum absolute atomic E-state index is 0.345. The number of fused-ring (bicyclic) bond motifs is 2. The highest BCUT2D eigenvalue weighted by Crippen LogP contribution is 2.27. The summed E-state index contributed by atoms with van der Waals surface area (Å²) in [5.41, 5.74) is 7.60. The molecule has 3 aromatic carbocycles. The van der Waals surface area contributed by atoms with Gasteiger partial charge in [0, 0.05) is 27.7 Å². The highest BCUT2D eigenvalue weighted by atomic mass is 16.2. The normalized spacial score (nSPS) is 11.5. The Labute approximate surface area is 172 Å². The number of aryl methyl sites for hydroxylation is 1. The van der Waals surface area contributed by atoms with Gasteiger partial charge in [0.05, 0.1) is 11.9 Å². The molecule has 2 aromatic heterocycles. The average molecular weight is 393 g/mol. The topological polar surface area (TPSA) is 85.9 Å². The molecule has 0 aliphatic rings. The van der Waals surface area contributed by atoms with Gasteiger partial charge < -0.3 is 4.98 Å². The fourth-order valence-corrected chi connectivity index (χ4v) is 3.71. The van der Waals surface area contributed by atoms with E-state index < -0.39 is 0 Å². The van der Waals surface area contributed by atoms with Gasteiger partial charge in [-0.2, -0.15) is 10.2 Å². The number of aromatic nitrogens is 3. The summed E-state index contributed by atoms with van der Waals surface area (Å²) in [7, 11) is 0. The lowest BCUT2D eigenvalue weighted by atomic mass is 10.0. The molecule has 6 nitrogen and oxygen atoms in total. The molecule has 1 amide bonds. The van der Waals surface area contributed by atoms with Crippen LogP contribution in [-0.4, -0.2) is 27.3 Å². The SMILES string of the molecule is Cc1[nH]c2ccccc2c1/C=N\NC(=O)c1cc(-c2cccc3ccccc23)n[nH]1. The Balaban J connectivity index is 1.37. The van der Waals surface area contributed by atoms with Crippen molar-refractivity contribution in [3.8, 4) is 11.3 Å². The molecule has 0 unspecified atom stereocenters. The third-order valence-corrected chi connectivity index (χ3v) is 5.19. The lowest BCUT2D eigenvalue weighted by Crippen LogP contribution is -2.18. The fourth-order valence-electron chi connectivity index (χ4n) is 3.71. The first-order valence-corrected chi connectivity index (χ1v) is 9.65. The molecule has 0 aliphatic heterocycles. The summed E-state index contributed by atoms with van der Waals surface area (Å²) in [5.74, 6) is -0.345. The van der Waals surface area contributed by atoms with Gasteiger partial charge in [0.2, 0.25) is 0 Å². The molecule has 5 rings (SSSR count). The summed E-state index contributed by atoms with van der Waals surface area (Å²) in [5, 5.41) is 14.6. The summed E-state index contributed by atoms with van der Waals surface area (Å²) in [6.45, 7) is 1.98. The average Bonchev–Trinajstić information content (AvgIpc) is 3.38. The van der Waals surface area contributed by atoms with E-state index in [1.54, 1.807) is 12.3 Å². The number of carbonyl (C=O) groups is 1. The van der Waals surface area contributed by atoms with Gasteiger partial charge in [0.1, 0.15) is 5.69 Å². The summed E-state index contributed by atoms with van der Waals surface area (Å²) in [4.78, 5) is 15.8. The van der Waals surface area contributed by atoms with E-state index in [1.165, 1.54) is 0 Å². The van der Waals surface area contributed by atoms with E-state index in [0.29, 0.717) is 11.4 Å². The Morgan fingerprint density at radius 2 is 1.77 bits per heavy atom. The number of H-pyrrole nitrogens is 2. The van der Waals surface area contributed by atoms with Crippen LogP contribution in [0.2, 0.25) is 0 Å². The largest absolute Gasteiger partial charge is 0.358 e. The Morgan fingerprint density at radius 3 is 2.67 bits per heavy atom. The van der Waals surface area contributed by atoms with Crippen molar-refractivity contribution in [2.75, 3.05) is 0 Å². The van der Waals surface area contributed by atoms with Crippen molar-refractivity contribution in [3.05, 3.63) is 89.7 Å². The lowest BCUT2D eigenvalue weighted by molar-refractivity contribution is 0.0950. The van der Waals surface area contributed by atoms with Crippen molar-refractivity contribution >= 4 is 33.8 Å². The van der Waals surface area contributed by atoms with E-state index >= 15 is 0 Å². The Kier molecular flexibility index (Phi) is 4.37. The number of nitrogens with zero attached hydrogens (tertiary/aromatic N) is 2. The first-order valence-electron chi connectivity index (χ1n) is 9.65. The maximum Gasteiger partial charge on any atom is 0.289 e. The predicted octanol–water partition coefficient (Wildman–Crippen LogP) is 4.78. The molecule has 0 spiro atoms. The molecule has 0 aliphatic carbocycles. The number of benzene rings is 3. The van der Waals surface area contributed by atoms with Crippen LogP contribution in [0.3, 0.4) is 0 Å². The number of rotatable bonds is 4. The van der Waals surface area contributed by atoms with Crippen LogP contribution in [0.5, 0.6) is 0 Å². The van der Waals surface area contributed by atoms with Crippen LogP contribution in [0.15, 0.2) is 77.9 Å². The van der Waals surface area contributed by atoms with Crippen LogP contribution in [0.25, 0.3) is 32.9 Å². The molecule has 0 bridgehead atoms. The van der Waals surface area contributed by atoms with E-state index in [9.17, 15) is 4.79 Å². The van der Waals surface area contributed by atoms with Gasteiger partial charge in [-0.3, -0.25) is 9.89 Å². The molecule has 5 aromatic rings. The second-order valence-corrected chi connectivity index (χ2v) is 7.10. The van der Waals surface area contributed by atoms with E-state index in [4.69, 9.17) is 0 Å². The minimum Gasteiger partial charge on any atom is -0.358 e. The van der Waals surface area contributed by atoms with Gasteiger partial charge in [-0.25, -0.2) is 5.43 Å². The monoisotopic (exact) mass is 393 g/mol. The summed E-state index contributed by atoms with van der Waals surface area (Å²) in [6, 6.07) is 23.9. The fraction of sp³-hybridized carbons (Fsp3) is 0.0417. The van der Waals surface area contributed by atoms with Gasteiger partial charge in [-0.05, 0) is 29.8 Å². The van der Waals surface area contributed by atoms with Crippen molar-refractivity contribution in [3.63, 3.8) is 0 Å². The molecular weight excluding hydrogens is 374 g/mol. The van der Waals surface area contributed by atoms with Crippen LogP contribution in [0, 0.1) is 6.92 Å². The number of nitrogens with one attached hydrogen (secondary N) is 3. The number of amides is 1. The molecule has 146 valence electrons. The molecule has 0 fully saturated rings. The molecule has 0 saturated carbocycles. The number of hydrogen-bond donors (Lipinski definition) is 3. The van der Waals surface area contributed by atoms with Gasteiger partial charge in [0.15, 0.2) is 0 Å². The maximum atomic E-state index is 12.5. The van der Waals surface area contributed by atoms with Gasteiger partial charge in [-0.1, -0.05) is 60.7 Å². The molecule has 30 heavy (non-hydrogen) atoms. The predicted molar refractivity (Wildman–Crippen MR) is 120 cm³/mol. The molecule has 0 radical (unpaired) electrons. The zero-order valence-corrected chi connectivity index (χ0v) is 16.3. The summed E-state index contributed by atoms with van der Waals surface area (Å²) in [6.07, 6.45) is 1.66. The summed E-state index contributed by atoms with van der Waals surface area (Å²) < 4.78 is 0. The molecule has 0 atom stereocenters. The highest BCUT2D eigenvalue weighted by Gasteiger charge is 2.12. The number of aromatic amines is 2. The molecule has 2 heterocycles. The highest BCUT2D eigenvalue weighted by molar-refractivity contribution is 6.02. The van der Waals surface area contributed by atoms with Crippen LogP contribution in [-0.2, 0) is 0 Å². The smallest absolute Gasteiger partial charge is 0.289 e. The molecule has 3 N–H and O–H groups in total. The first kappa shape index (κ1) is 17.9. The van der Waals surface area contributed by atoms with E-state index in [2.05, 4.69) is 37.8 Å². The minimum atomic E-state index is -0.345. The molecule has 0 saturated heterocycles. The second kappa shape index (κ2) is 7.33. The zero-order chi connectivity index (χ0) is 20.5. The Hall–Kier alpha value is -4.19. The number of para-hydroxylation sites is 1. The maximum absolute atomic E-state index is 12.5. The third kappa shape index (κ3) is 3.14. The van der Waals surface area contributed by atoms with Crippen molar-refractivity contribution in [1.29, 1.82) is 0 Å². The quantitative estimate of drug-likeness (QED) is 0.303. The standard InChI is InChI=1S/C24H19N5O/c1-15-20(19-10-4-5-12-21(19)26-15)14-25-29-24(30)23-13-22(27-28-23)18-11-6-8-16-7-2-3-9-17(16)18/h2-14,26H,1H3,(H,27,28)(H,29,30)/b25-14-. The van der Waals surface area contributed by atoms with E-state index in [1.807, 2.05) is 61.5 Å². The van der Waals surface area contributed by atoms with Gasteiger partial charge >= 0.3 is 0 Å². The van der Waals surface area contributed by atoms with E-state index in [-0.39, 0.29) is 5.91 Å². The van der Waals surface area contributed by atoms with Crippen LogP contribution in [0.1, 0.15) is 21.7 Å². The first-order chi connectivity index (χ1) is 14.7. The van der Waals surface area contributed by atoms with E-state index in [0.717, 1.165) is 38.5 Å². The van der Waals surface area contributed by atoms with Crippen molar-refractivity contribution in [2.45, 2.75) is 6.92 Å². The Bertz CT molecular complexity index is 1400. The third-order valence-electron chi connectivity index (χ3n) is 5.19. The number of hydrogen-bond acceptors (Lipinski definition) is 3. The van der Waals surface area contributed by atoms with Gasteiger partial charge in [0.25, 0.3) is 5.91 Å². The zero-order valence-electron chi connectivity index (χ0n) is 16.3. The second-order valence-electron chi connectivity index (χ2n) is 7.10. The van der Waals surface area contributed by atoms with Crippen LogP contribution >= 0.6 is 0 Å². The Morgan fingerprint density at radius 1 is 1.00 bits per heavy atom. The molecule has 6 heteroatoms. The molecular formula is C24H19N5O. The summed E-state index contributed by atoms with van der Waals surface area (Å²) >= 11 is 0. The van der Waals surface area contributed by atoms with Crippen LogP contribution in [0.4, 0.5) is 0 Å². The van der Waals surface area contributed by atoms with Crippen molar-refractivity contribution in [1.82, 2.24) is 20.6 Å². The number of hydrazone groups is 1. The van der Waals surface area contributed by atoms with Gasteiger partial charge in [-0.15, -0.1) is 0 Å².